The van der Waals surface area contributed by atoms with Crippen LogP contribution in [-0.4, -0.2) is 12.8 Å². The van der Waals surface area contributed by atoms with Crippen LogP contribution in [0.15, 0.2) is 58.3 Å². The molecule has 0 saturated carbocycles. The highest BCUT2D eigenvalue weighted by atomic mass is 14.7. The molecule has 0 saturated heterocycles. The standard InChI is InChI=1S/C15H21N/c1-7-15(13(4)5)11-16-10-14(6)9-8-12(2)3/h7-8,11H,1-2,10H2,3-6H3. The maximum atomic E-state index is 4.34. The normalized spacial score (nSPS) is 9.50. The molecular weight excluding hydrogens is 194 g/mol. The van der Waals surface area contributed by atoms with E-state index in [0.717, 1.165) is 16.7 Å². The van der Waals surface area contributed by atoms with Gasteiger partial charge >= 0.3 is 0 Å². The van der Waals surface area contributed by atoms with Crippen LogP contribution in [0.4, 0.5) is 0 Å². The molecule has 0 aromatic heterocycles. The van der Waals surface area contributed by atoms with Crippen molar-refractivity contribution in [2.24, 2.45) is 4.99 Å². The molecule has 0 amide bonds. The Bertz CT molecular complexity index is 382. The van der Waals surface area contributed by atoms with E-state index in [1.165, 1.54) is 5.57 Å². The summed E-state index contributed by atoms with van der Waals surface area (Å²) in [6.45, 7) is 16.2. The van der Waals surface area contributed by atoms with Gasteiger partial charge in [-0.25, -0.2) is 0 Å². The molecular formula is C15H21N. The van der Waals surface area contributed by atoms with Crippen molar-refractivity contribution in [3.05, 3.63) is 53.3 Å². The molecule has 0 bridgehead atoms. The fourth-order valence-electron chi connectivity index (χ4n) is 0.959. The van der Waals surface area contributed by atoms with Gasteiger partial charge in [-0.3, -0.25) is 4.99 Å². The number of hydrogen-bond donors (Lipinski definition) is 0. The zero-order valence-electron chi connectivity index (χ0n) is 10.8. The van der Waals surface area contributed by atoms with E-state index in [2.05, 4.69) is 23.9 Å². The largest absolute Gasteiger partial charge is 0.288 e. The van der Waals surface area contributed by atoms with Crippen molar-refractivity contribution in [2.75, 3.05) is 6.54 Å². The van der Waals surface area contributed by atoms with Crippen LogP contribution in [0, 0.1) is 0 Å². The number of rotatable bonds is 5. The van der Waals surface area contributed by atoms with E-state index in [0.29, 0.717) is 6.54 Å². The summed E-state index contributed by atoms with van der Waals surface area (Å²) in [4.78, 5) is 4.34. The number of nitrogens with zero attached hydrogens (tertiary/aromatic N) is 1. The highest BCUT2D eigenvalue weighted by Gasteiger charge is 1.89. The monoisotopic (exact) mass is 215 g/mol. The Morgan fingerprint density at radius 3 is 2.31 bits per heavy atom. The zero-order chi connectivity index (χ0) is 12.6. The number of aliphatic imine (C=N–C) groups is 1. The summed E-state index contributed by atoms with van der Waals surface area (Å²) in [5.74, 6) is 0. The molecule has 0 aliphatic carbocycles. The number of allylic oxidation sites excluding steroid dienone is 4. The van der Waals surface area contributed by atoms with E-state index in [1.807, 2.05) is 46.1 Å². The summed E-state index contributed by atoms with van der Waals surface area (Å²) in [6.07, 6.45) is 5.55. The maximum Gasteiger partial charge on any atom is 0.0671 e. The van der Waals surface area contributed by atoms with Crippen LogP contribution in [-0.2, 0) is 0 Å². The van der Waals surface area contributed by atoms with Gasteiger partial charge in [-0.15, -0.1) is 5.73 Å². The molecule has 0 fully saturated rings. The molecule has 1 heteroatoms. The second kappa shape index (κ2) is 7.67. The first-order valence-electron chi connectivity index (χ1n) is 5.34. The Hall–Kier alpha value is -1.59. The molecule has 0 radical (unpaired) electrons. The molecule has 0 spiro atoms. The molecule has 1 nitrogen and oxygen atoms in total. The van der Waals surface area contributed by atoms with Gasteiger partial charge in [-0.05, 0) is 44.9 Å². The van der Waals surface area contributed by atoms with Crippen molar-refractivity contribution in [3.8, 4) is 0 Å². The zero-order valence-corrected chi connectivity index (χ0v) is 10.8. The maximum absolute atomic E-state index is 4.34. The minimum absolute atomic E-state index is 0.661. The molecule has 0 aliphatic rings. The van der Waals surface area contributed by atoms with Crippen LogP contribution in [0.1, 0.15) is 27.7 Å². The van der Waals surface area contributed by atoms with E-state index in [9.17, 15) is 0 Å². The van der Waals surface area contributed by atoms with Gasteiger partial charge in [0.25, 0.3) is 0 Å². The fourth-order valence-corrected chi connectivity index (χ4v) is 0.959. The smallest absolute Gasteiger partial charge is 0.0671 e. The predicted octanol–water partition coefficient (Wildman–Crippen LogP) is 4.26. The van der Waals surface area contributed by atoms with E-state index in [-0.39, 0.29) is 0 Å². The first-order chi connectivity index (χ1) is 7.47. The van der Waals surface area contributed by atoms with Gasteiger partial charge < -0.3 is 0 Å². The lowest BCUT2D eigenvalue weighted by Gasteiger charge is -1.96. The quantitative estimate of drug-likeness (QED) is 0.369. The highest BCUT2D eigenvalue weighted by Crippen LogP contribution is 2.01. The molecule has 0 rings (SSSR count). The summed E-state index contributed by atoms with van der Waals surface area (Å²) >= 11 is 0. The van der Waals surface area contributed by atoms with E-state index in [1.54, 1.807) is 0 Å². The summed E-state index contributed by atoms with van der Waals surface area (Å²) in [7, 11) is 0. The molecule has 0 aromatic carbocycles. The molecule has 0 atom stereocenters. The predicted molar refractivity (Wildman–Crippen MR) is 74.0 cm³/mol. The minimum atomic E-state index is 0.661. The van der Waals surface area contributed by atoms with Crippen LogP contribution in [0.25, 0.3) is 0 Å². The van der Waals surface area contributed by atoms with Crippen LogP contribution in [0.3, 0.4) is 0 Å². The van der Waals surface area contributed by atoms with Gasteiger partial charge in [0.2, 0.25) is 0 Å². The second-order valence-corrected chi connectivity index (χ2v) is 4.04. The molecule has 16 heavy (non-hydrogen) atoms. The third-order valence-electron chi connectivity index (χ3n) is 1.92. The van der Waals surface area contributed by atoms with Crippen molar-refractivity contribution in [3.63, 3.8) is 0 Å². The first-order valence-corrected chi connectivity index (χ1v) is 5.34. The molecule has 0 unspecified atom stereocenters. The second-order valence-electron chi connectivity index (χ2n) is 4.04. The van der Waals surface area contributed by atoms with Gasteiger partial charge in [-0.1, -0.05) is 30.4 Å². The van der Waals surface area contributed by atoms with Crippen LogP contribution in [0.2, 0.25) is 0 Å². The number of hydrogen-bond acceptors (Lipinski definition) is 1. The Morgan fingerprint density at radius 1 is 1.25 bits per heavy atom. The summed E-state index contributed by atoms with van der Waals surface area (Å²) < 4.78 is 0. The van der Waals surface area contributed by atoms with Crippen LogP contribution in [0.5, 0.6) is 0 Å². The van der Waals surface area contributed by atoms with Crippen molar-refractivity contribution in [2.45, 2.75) is 27.7 Å². The Balaban J connectivity index is 4.53. The van der Waals surface area contributed by atoms with E-state index >= 15 is 0 Å². The fraction of sp³-hybridized carbons (Fsp3) is 0.333. The van der Waals surface area contributed by atoms with Gasteiger partial charge in [0, 0.05) is 6.21 Å². The topological polar surface area (TPSA) is 12.4 Å². The Kier molecular flexibility index (Phi) is 6.91. The Morgan fingerprint density at radius 2 is 1.88 bits per heavy atom. The summed E-state index contributed by atoms with van der Waals surface area (Å²) in [5, 5.41) is 0. The van der Waals surface area contributed by atoms with Gasteiger partial charge in [0.1, 0.15) is 0 Å². The Labute approximate surface area is 99.3 Å². The first kappa shape index (κ1) is 14.4. The van der Waals surface area contributed by atoms with E-state index in [4.69, 9.17) is 0 Å². The molecule has 0 aromatic rings. The third-order valence-corrected chi connectivity index (χ3v) is 1.92. The van der Waals surface area contributed by atoms with Gasteiger partial charge in [-0.2, -0.15) is 0 Å². The lowest BCUT2D eigenvalue weighted by Crippen LogP contribution is -1.87. The van der Waals surface area contributed by atoms with Crippen molar-refractivity contribution >= 4 is 6.21 Å². The highest BCUT2D eigenvalue weighted by molar-refractivity contribution is 5.83. The lowest BCUT2D eigenvalue weighted by molar-refractivity contribution is 1.14. The van der Waals surface area contributed by atoms with Gasteiger partial charge in [0.15, 0.2) is 0 Å². The summed E-state index contributed by atoms with van der Waals surface area (Å²) in [5.41, 5.74) is 7.53. The summed E-state index contributed by atoms with van der Waals surface area (Å²) in [6, 6.07) is 0. The van der Waals surface area contributed by atoms with E-state index < -0.39 is 0 Å². The average Bonchev–Trinajstić information content (AvgIpc) is 2.20. The molecule has 0 aliphatic heterocycles. The average molecular weight is 215 g/mol. The molecule has 0 N–H and O–H groups in total. The van der Waals surface area contributed by atoms with Crippen molar-refractivity contribution < 1.29 is 0 Å². The minimum Gasteiger partial charge on any atom is -0.288 e. The molecule has 0 heterocycles. The van der Waals surface area contributed by atoms with Crippen molar-refractivity contribution in [1.82, 2.24) is 0 Å². The van der Waals surface area contributed by atoms with Gasteiger partial charge in [0.05, 0.1) is 6.54 Å². The van der Waals surface area contributed by atoms with Crippen LogP contribution >= 0.6 is 0 Å². The van der Waals surface area contributed by atoms with Crippen LogP contribution < -0.4 is 0 Å². The lowest BCUT2D eigenvalue weighted by atomic mass is 10.2. The third kappa shape index (κ3) is 6.80. The molecule has 86 valence electrons. The SMILES string of the molecule is C=CC(C=NCC(C)=C=CC(=C)C)=C(C)C. The van der Waals surface area contributed by atoms with Crippen molar-refractivity contribution in [1.29, 1.82) is 0 Å².